The summed E-state index contributed by atoms with van der Waals surface area (Å²) in [5, 5.41) is 0. The molecule has 0 saturated carbocycles. The molecule has 2 rings (SSSR count). The van der Waals surface area contributed by atoms with Crippen LogP contribution in [0.3, 0.4) is 0 Å². The van der Waals surface area contributed by atoms with Gasteiger partial charge in [-0.15, -0.1) is 0 Å². The van der Waals surface area contributed by atoms with Crippen LogP contribution in [0.1, 0.15) is 39.2 Å². The first-order valence-electron chi connectivity index (χ1n) is 7.43. The van der Waals surface area contributed by atoms with Crippen LogP contribution in [0, 0.1) is 5.92 Å². The number of hydrogen-bond donors (Lipinski definition) is 0. The number of hydrogen-bond acceptors (Lipinski definition) is 3. The zero-order valence-corrected chi connectivity index (χ0v) is 12.5. The molecular formula is C17H24O3. The van der Waals surface area contributed by atoms with Crippen molar-refractivity contribution < 1.29 is 14.3 Å². The predicted octanol–water partition coefficient (Wildman–Crippen LogP) is 3.36. The Labute approximate surface area is 121 Å². The fourth-order valence-electron chi connectivity index (χ4n) is 2.41. The van der Waals surface area contributed by atoms with Gasteiger partial charge in [0.25, 0.3) is 0 Å². The Morgan fingerprint density at radius 3 is 2.60 bits per heavy atom. The highest BCUT2D eigenvalue weighted by atomic mass is 16.6. The van der Waals surface area contributed by atoms with E-state index in [2.05, 4.69) is 26.0 Å². The third kappa shape index (κ3) is 4.15. The van der Waals surface area contributed by atoms with E-state index in [1.54, 1.807) is 6.92 Å². The summed E-state index contributed by atoms with van der Waals surface area (Å²) in [5.41, 5.74) is 1.18. The summed E-state index contributed by atoms with van der Waals surface area (Å²) in [6.07, 6.45) is 1.89. The molecule has 0 aromatic heterocycles. The van der Waals surface area contributed by atoms with E-state index in [9.17, 15) is 4.79 Å². The molecule has 1 aromatic carbocycles. The summed E-state index contributed by atoms with van der Waals surface area (Å²) in [6, 6.07) is 10.2. The summed E-state index contributed by atoms with van der Waals surface area (Å²) in [5.74, 6) is 0.594. The Kier molecular flexibility index (Phi) is 5.32. The molecule has 0 radical (unpaired) electrons. The van der Waals surface area contributed by atoms with Crippen molar-refractivity contribution in [3.8, 4) is 0 Å². The van der Waals surface area contributed by atoms with Crippen molar-refractivity contribution >= 4 is 5.78 Å². The van der Waals surface area contributed by atoms with E-state index in [1.807, 2.05) is 18.2 Å². The van der Waals surface area contributed by atoms with Crippen LogP contribution in [0.25, 0.3) is 0 Å². The molecule has 0 bridgehead atoms. The van der Waals surface area contributed by atoms with Crippen molar-refractivity contribution in [2.45, 2.75) is 58.5 Å². The fraction of sp³-hybridized carbons (Fsp3) is 0.588. The lowest BCUT2D eigenvalue weighted by atomic mass is 9.96. The van der Waals surface area contributed by atoms with Gasteiger partial charge in [0.15, 0.2) is 5.78 Å². The molecule has 1 heterocycles. The lowest BCUT2D eigenvalue weighted by molar-refractivity contribution is -0.118. The van der Waals surface area contributed by atoms with E-state index in [-0.39, 0.29) is 24.1 Å². The van der Waals surface area contributed by atoms with Crippen LogP contribution in [0.2, 0.25) is 0 Å². The molecule has 110 valence electrons. The van der Waals surface area contributed by atoms with Gasteiger partial charge in [-0.2, -0.15) is 0 Å². The quantitative estimate of drug-likeness (QED) is 0.683. The van der Waals surface area contributed by atoms with Gasteiger partial charge < -0.3 is 9.47 Å². The second-order valence-corrected chi connectivity index (χ2v) is 5.66. The van der Waals surface area contributed by atoms with Gasteiger partial charge in [-0.1, -0.05) is 50.6 Å². The van der Waals surface area contributed by atoms with Crippen LogP contribution < -0.4 is 0 Å². The summed E-state index contributed by atoms with van der Waals surface area (Å²) >= 11 is 0. The van der Waals surface area contributed by atoms with E-state index < -0.39 is 0 Å². The van der Waals surface area contributed by atoms with E-state index in [0.717, 1.165) is 12.8 Å². The van der Waals surface area contributed by atoms with Gasteiger partial charge in [-0.05, 0) is 18.4 Å². The maximum atomic E-state index is 11.3. The summed E-state index contributed by atoms with van der Waals surface area (Å²) in [6.45, 7) is 6.57. The fourth-order valence-corrected chi connectivity index (χ4v) is 2.41. The molecule has 3 nitrogen and oxygen atoms in total. The minimum Gasteiger partial charge on any atom is -0.373 e. The van der Waals surface area contributed by atoms with Crippen molar-refractivity contribution in [3.63, 3.8) is 0 Å². The monoisotopic (exact) mass is 276 g/mol. The Balaban J connectivity index is 1.86. The number of ketones is 1. The first kappa shape index (κ1) is 15.2. The summed E-state index contributed by atoms with van der Waals surface area (Å²) in [7, 11) is 0. The number of Topliss-reactive ketones (excluding diaryl/α,β-unsaturated/α-hetero) is 1. The average Bonchev–Trinajstić information content (AvgIpc) is 3.23. The molecular weight excluding hydrogens is 252 g/mol. The Morgan fingerprint density at radius 1 is 1.35 bits per heavy atom. The number of ether oxygens (including phenoxy) is 2. The lowest BCUT2D eigenvalue weighted by Crippen LogP contribution is -2.24. The second-order valence-electron chi connectivity index (χ2n) is 5.66. The molecule has 0 unspecified atom stereocenters. The van der Waals surface area contributed by atoms with Crippen molar-refractivity contribution in [2.75, 3.05) is 0 Å². The topological polar surface area (TPSA) is 38.8 Å². The molecule has 0 spiro atoms. The van der Waals surface area contributed by atoms with Gasteiger partial charge in [0.1, 0.15) is 6.10 Å². The Hall–Kier alpha value is -1.19. The third-order valence-corrected chi connectivity index (χ3v) is 4.03. The Bertz CT molecular complexity index is 429. The molecule has 0 aliphatic carbocycles. The van der Waals surface area contributed by atoms with E-state index in [0.29, 0.717) is 12.5 Å². The van der Waals surface area contributed by atoms with Crippen LogP contribution in [0.4, 0.5) is 0 Å². The normalized spacial score (nSPS) is 24.1. The van der Waals surface area contributed by atoms with Crippen molar-refractivity contribution in [3.05, 3.63) is 35.9 Å². The number of carbonyl (C=O) groups is 1. The number of rotatable bonds is 8. The Morgan fingerprint density at radius 2 is 2.05 bits per heavy atom. The van der Waals surface area contributed by atoms with Gasteiger partial charge in [0.05, 0.1) is 18.8 Å². The molecule has 3 heteroatoms. The van der Waals surface area contributed by atoms with Crippen LogP contribution in [-0.4, -0.2) is 24.1 Å². The van der Waals surface area contributed by atoms with Gasteiger partial charge >= 0.3 is 0 Å². The zero-order chi connectivity index (χ0) is 14.5. The molecule has 1 aliphatic heterocycles. The van der Waals surface area contributed by atoms with Crippen molar-refractivity contribution in [1.29, 1.82) is 0 Å². The minimum absolute atomic E-state index is 0.0577. The average molecular weight is 276 g/mol. The van der Waals surface area contributed by atoms with Crippen LogP contribution in [0.15, 0.2) is 30.3 Å². The number of epoxide rings is 1. The second kappa shape index (κ2) is 7.00. The van der Waals surface area contributed by atoms with Crippen LogP contribution in [-0.2, 0) is 20.9 Å². The molecule has 1 aromatic rings. The highest BCUT2D eigenvalue weighted by molar-refractivity contribution is 5.83. The molecule has 1 aliphatic rings. The van der Waals surface area contributed by atoms with Gasteiger partial charge in [-0.25, -0.2) is 0 Å². The molecule has 0 amide bonds. The molecule has 1 saturated heterocycles. The molecule has 20 heavy (non-hydrogen) atoms. The van der Waals surface area contributed by atoms with E-state index in [1.165, 1.54) is 5.56 Å². The minimum atomic E-state index is -0.193. The van der Waals surface area contributed by atoms with Crippen LogP contribution in [0.5, 0.6) is 0 Å². The first-order chi connectivity index (χ1) is 9.61. The maximum absolute atomic E-state index is 11.3. The van der Waals surface area contributed by atoms with E-state index in [4.69, 9.17) is 9.47 Å². The van der Waals surface area contributed by atoms with Crippen molar-refractivity contribution in [1.82, 2.24) is 0 Å². The zero-order valence-electron chi connectivity index (χ0n) is 12.5. The smallest absolute Gasteiger partial charge is 0.161 e. The predicted molar refractivity (Wildman–Crippen MR) is 78.4 cm³/mol. The standard InChI is InChI=1S/C17H24O3/c1-4-12(2)15(10-16-17(20-16)13(3)18)19-11-14-8-6-5-7-9-14/h5-9,12,15-17H,4,10-11H2,1-3H3/t12-,15-,16-,17-/m0/s1. The van der Waals surface area contributed by atoms with Crippen molar-refractivity contribution in [2.24, 2.45) is 5.92 Å². The number of benzene rings is 1. The lowest BCUT2D eigenvalue weighted by Gasteiger charge is -2.23. The molecule has 1 fully saturated rings. The van der Waals surface area contributed by atoms with E-state index >= 15 is 0 Å². The van der Waals surface area contributed by atoms with Gasteiger partial charge in [0.2, 0.25) is 0 Å². The van der Waals surface area contributed by atoms with Gasteiger partial charge in [-0.3, -0.25) is 4.79 Å². The third-order valence-electron chi connectivity index (χ3n) is 4.03. The van der Waals surface area contributed by atoms with Gasteiger partial charge in [0, 0.05) is 6.42 Å². The first-order valence-corrected chi connectivity index (χ1v) is 7.43. The SMILES string of the molecule is CC[C@H](C)[C@H](C[C@@H]1O[C@H]1C(C)=O)OCc1ccccc1. The molecule has 4 atom stereocenters. The largest absolute Gasteiger partial charge is 0.373 e. The number of carbonyl (C=O) groups excluding carboxylic acids is 1. The van der Waals surface area contributed by atoms with Crippen LogP contribution >= 0.6 is 0 Å². The summed E-state index contributed by atoms with van der Waals surface area (Å²) in [4.78, 5) is 11.3. The highest BCUT2D eigenvalue weighted by Crippen LogP contribution is 2.31. The summed E-state index contributed by atoms with van der Waals surface area (Å²) < 4.78 is 11.5. The molecule has 0 N–H and O–H groups in total. The maximum Gasteiger partial charge on any atom is 0.161 e. The highest BCUT2D eigenvalue weighted by Gasteiger charge is 2.44.